The summed E-state index contributed by atoms with van der Waals surface area (Å²) >= 11 is 1.46. The lowest BCUT2D eigenvalue weighted by molar-refractivity contribution is -0.134. The first kappa shape index (κ1) is 18.0. The smallest absolute Gasteiger partial charge is 0.325 e. The van der Waals surface area contributed by atoms with Crippen molar-refractivity contribution in [3.8, 4) is 0 Å². The number of halogens is 2. The molecule has 1 aliphatic rings. The minimum Gasteiger partial charge on any atom is -0.350 e. The van der Waals surface area contributed by atoms with Crippen molar-refractivity contribution in [2.45, 2.75) is 19.0 Å². The molecule has 1 atom stereocenters. The summed E-state index contributed by atoms with van der Waals surface area (Å²) in [6.07, 6.45) is 0. The maximum absolute atomic E-state index is 14.1. The van der Waals surface area contributed by atoms with Gasteiger partial charge in [-0.25, -0.2) is 13.6 Å². The Morgan fingerprint density at radius 1 is 1.31 bits per heavy atom. The van der Waals surface area contributed by atoms with Crippen molar-refractivity contribution in [1.82, 2.24) is 15.5 Å². The number of benzene rings is 1. The number of amides is 4. The fourth-order valence-electron chi connectivity index (χ4n) is 2.70. The van der Waals surface area contributed by atoms with E-state index >= 15 is 0 Å². The molecule has 2 aromatic rings. The highest BCUT2D eigenvalue weighted by molar-refractivity contribution is 7.09. The van der Waals surface area contributed by atoms with Crippen LogP contribution >= 0.6 is 11.3 Å². The molecule has 1 fully saturated rings. The van der Waals surface area contributed by atoms with E-state index in [4.69, 9.17) is 0 Å². The largest absolute Gasteiger partial charge is 0.350 e. The highest BCUT2D eigenvalue weighted by atomic mass is 32.1. The van der Waals surface area contributed by atoms with Crippen LogP contribution in [0.3, 0.4) is 0 Å². The highest BCUT2D eigenvalue weighted by Crippen LogP contribution is 2.31. The fourth-order valence-corrected chi connectivity index (χ4v) is 3.35. The van der Waals surface area contributed by atoms with Gasteiger partial charge in [-0.3, -0.25) is 14.5 Å². The number of urea groups is 1. The Hall–Kier alpha value is -2.81. The minimum atomic E-state index is -1.78. The van der Waals surface area contributed by atoms with Crippen molar-refractivity contribution in [3.63, 3.8) is 0 Å². The van der Waals surface area contributed by atoms with E-state index < -0.39 is 41.6 Å². The average Bonchev–Trinajstić information content (AvgIpc) is 3.18. The molecule has 1 aromatic heterocycles. The summed E-state index contributed by atoms with van der Waals surface area (Å²) < 4.78 is 27.5. The van der Waals surface area contributed by atoms with Crippen molar-refractivity contribution in [3.05, 3.63) is 57.8 Å². The molecule has 1 unspecified atom stereocenters. The summed E-state index contributed by atoms with van der Waals surface area (Å²) in [7, 11) is 0. The molecule has 0 saturated carbocycles. The Morgan fingerprint density at radius 2 is 2.08 bits per heavy atom. The Morgan fingerprint density at radius 3 is 2.77 bits per heavy atom. The van der Waals surface area contributed by atoms with Crippen LogP contribution in [0.25, 0.3) is 0 Å². The quantitative estimate of drug-likeness (QED) is 0.781. The second kappa shape index (κ2) is 6.83. The lowest BCUT2D eigenvalue weighted by Crippen LogP contribution is -2.43. The fraction of sp³-hybridized carbons (Fsp3) is 0.235. The number of nitrogens with one attached hydrogen (secondary N) is 2. The van der Waals surface area contributed by atoms with Gasteiger partial charge in [0, 0.05) is 10.4 Å². The summed E-state index contributed by atoms with van der Waals surface area (Å²) in [5, 5.41) is 6.81. The second-order valence-electron chi connectivity index (χ2n) is 5.93. The predicted octanol–water partition coefficient (Wildman–Crippen LogP) is 2.11. The van der Waals surface area contributed by atoms with E-state index in [0.717, 1.165) is 23.1 Å². The molecule has 0 bridgehead atoms. The van der Waals surface area contributed by atoms with Crippen LogP contribution in [-0.4, -0.2) is 29.3 Å². The number of rotatable bonds is 5. The molecule has 3 rings (SSSR count). The van der Waals surface area contributed by atoms with Gasteiger partial charge in [0.25, 0.3) is 5.91 Å². The Bertz CT molecular complexity index is 872. The van der Waals surface area contributed by atoms with Crippen LogP contribution in [0.4, 0.5) is 13.6 Å². The van der Waals surface area contributed by atoms with Gasteiger partial charge >= 0.3 is 6.03 Å². The molecule has 4 amide bonds. The molecular weight excluding hydrogens is 364 g/mol. The second-order valence-corrected chi connectivity index (χ2v) is 6.96. The number of nitrogens with zero attached hydrogens (tertiary/aromatic N) is 1. The van der Waals surface area contributed by atoms with Crippen molar-refractivity contribution in [1.29, 1.82) is 0 Å². The summed E-state index contributed by atoms with van der Waals surface area (Å²) in [6.45, 7) is 1.03. The number of thiophene rings is 1. The van der Waals surface area contributed by atoms with Crippen LogP contribution in [0, 0.1) is 11.6 Å². The van der Waals surface area contributed by atoms with Crippen molar-refractivity contribution >= 4 is 29.2 Å². The number of carbonyl (C=O) groups excluding carboxylic acids is 3. The topological polar surface area (TPSA) is 78.5 Å². The van der Waals surface area contributed by atoms with E-state index in [0.29, 0.717) is 4.90 Å². The van der Waals surface area contributed by atoms with Gasteiger partial charge in [0.1, 0.15) is 23.7 Å². The van der Waals surface area contributed by atoms with Crippen LogP contribution in [0.2, 0.25) is 0 Å². The molecule has 9 heteroatoms. The zero-order chi connectivity index (χ0) is 18.9. The van der Waals surface area contributed by atoms with Gasteiger partial charge in [0.05, 0.1) is 6.54 Å². The van der Waals surface area contributed by atoms with Gasteiger partial charge in [-0.15, -0.1) is 11.3 Å². The van der Waals surface area contributed by atoms with Gasteiger partial charge in [0.15, 0.2) is 0 Å². The van der Waals surface area contributed by atoms with E-state index in [1.807, 2.05) is 17.5 Å². The molecule has 0 radical (unpaired) electrons. The third kappa shape index (κ3) is 3.30. The summed E-state index contributed by atoms with van der Waals surface area (Å²) in [6, 6.07) is 5.48. The van der Waals surface area contributed by atoms with Gasteiger partial charge in [-0.05, 0) is 36.6 Å². The lowest BCUT2D eigenvalue weighted by Gasteiger charge is -2.22. The maximum atomic E-state index is 14.1. The SMILES string of the molecule is CC1(c2cc(F)ccc2F)NC(=O)N(CC(=O)NCc2cccs2)C1=O. The number of carbonyl (C=O) groups is 3. The van der Waals surface area contributed by atoms with E-state index in [1.54, 1.807) is 0 Å². The summed E-state index contributed by atoms with van der Waals surface area (Å²) in [5.41, 5.74) is -2.07. The van der Waals surface area contributed by atoms with Gasteiger partial charge in [-0.1, -0.05) is 6.07 Å². The number of hydrogen-bond donors (Lipinski definition) is 2. The minimum absolute atomic E-state index is 0.274. The normalized spacial score (nSPS) is 19.6. The molecule has 2 N–H and O–H groups in total. The molecule has 1 saturated heterocycles. The van der Waals surface area contributed by atoms with Crippen LogP contribution in [0.15, 0.2) is 35.7 Å². The standard InChI is InChI=1S/C17H15F2N3O3S/c1-17(12-7-10(18)4-5-13(12)19)15(24)22(16(25)21-17)9-14(23)20-8-11-3-2-6-26-11/h2-7H,8-9H2,1H3,(H,20,23)(H,21,25). The molecule has 6 nitrogen and oxygen atoms in total. The zero-order valence-corrected chi connectivity index (χ0v) is 14.5. The Balaban J connectivity index is 1.74. The first-order valence-electron chi connectivity index (χ1n) is 7.70. The van der Waals surface area contributed by atoms with Gasteiger partial charge in [0.2, 0.25) is 5.91 Å². The molecule has 0 spiro atoms. The molecule has 26 heavy (non-hydrogen) atoms. The van der Waals surface area contributed by atoms with Crippen molar-refractivity contribution in [2.24, 2.45) is 0 Å². The van der Waals surface area contributed by atoms with Gasteiger partial charge in [-0.2, -0.15) is 0 Å². The molecule has 2 heterocycles. The monoisotopic (exact) mass is 379 g/mol. The lowest BCUT2D eigenvalue weighted by atomic mass is 9.91. The molecule has 136 valence electrons. The highest BCUT2D eigenvalue weighted by Gasteiger charge is 2.50. The van der Waals surface area contributed by atoms with E-state index in [1.165, 1.54) is 18.3 Å². The third-order valence-corrected chi connectivity index (χ3v) is 4.96. The third-order valence-electron chi connectivity index (χ3n) is 4.08. The van der Waals surface area contributed by atoms with Crippen LogP contribution < -0.4 is 10.6 Å². The van der Waals surface area contributed by atoms with Crippen molar-refractivity contribution in [2.75, 3.05) is 6.54 Å². The molecular formula is C17H15F2N3O3S. The summed E-state index contributed by atoms with van der Waals surface area (Å²) in [5.74, 6) is -2.92. The maximum Gasteiger partial charge on any atom is 0.325 e. The van der Waals surface area contributed by atoms with E-state index in [2.05, 4.69) is 10.6 Å². The van der Waals surface area contributed by atoms with Gasteiger partial charge < -0.3 is 10.6 Å². The van der Waals surface area contributed by atoms with Crippen LogP contribution in [0.5, 0.6) is 0 Å². The van der Waals surface area contributed by atoms with Crippen LogP contribution in [0.1, 0.15) is 17.4 Å². The first-order chi connectivity index (χ1) is 12.3. The van der Waals surface area contributed by atoms with E-state index in [-0.39, 0.29) is 12.1 Å². The molecule has 0 aliphatic carbocycles. The first-order valence-corrected chi connectivity index (χ1v) is 8.58. The zero-order valence-electron chi connectivity index (χ0n) is 13.7. The molecule has 1 aromatic carbocycles. The van der Waals surface area contributed by atoms with E-state index in [9.17, 15) is 23.2 Å². The number of hydrogen-bond acceptors (Lipinski definition) is 4. The molecule has 1 aliphatic heterocycles. The van der Waals surface area contributed by atoms with Crippen molar-refractivity contribution < 1.29 is 23.2 Å². The van der Waals surface area contributed by atoms with Crippen LogP contribution in [-0.2, 0) is 21.7 Å². The summed E-state index contributed by atoms with van der Waals surface area (Å²) in [4.78, 5) is 38.4. The Labute approximate surface area is 151 Å². The predicted molar refractivity (Wildman–Crippen MR) is 90.1 cm³/mol. The Kier molecular flexibility index (Phi) is 4.73. The average molecular weight is 379 g/mol. The number of imide groups is 1.